The molecule has 0 unspecified atom stereocenters. The average Bonchev–Trinajstić information content (AvgIpc) is 2.07. The van der Waals surface area contributed by atoms with Gasteiger partial charge in [0.25, 0.3) is 0 Å². The molecule has 0 heterocycles. The predicted octanol–water partition coefficient (Wildman–Crippen LogP) is 3.24. The molecule has 0 N–H and O–H groups in total. The van der Waals surface area contributed by atoms with Crippen molar-refractivity contribution in [3.8, 4) is 12.3 Å². The Kier molecular flexibility index (Phi) is 2.94. The number of terminal acetylenes is 1. The van der Waals surface area contributed by atoms with E-state index < -0.39 is 0 Å². The van der Waals surface area contributed by atoms with E-state index in [0.29, 0.717) is 6.42 Å². The van der Waals surface area contributed by atoms with Crippen molar-refractivity contribution in [3.05, 3.63) is 33.3 Å². The Morgan fingerprint density at radius 3 is 2.67 bits per heavy atom. The lowest BCUT2D eigenvalue weighted by molar-refractivity contribution is 1.21. The molecule has 0 amide bonds. The van der Waals surface area contributed by atoms with Crippen molar-refractivity contribution in [3.63, 3.8) is 0 Å². The average molecular weight is 223 g/mol. The molecule has 0 aliphatic rings. The summed E-state index contributed by atoms with van der Waals surface area (Å²) in [6.45, 7) is 4.17. The first-order valence-electron chi connectivity index (χ1n) is 3.85. The van der Waals surface area contributed by atoms with Gasteiger partial charge in [-0.2, -0.15) is 0 Å². The van der Waals surface area contributed by atoms with E-state index in [-0.39, 0.29) is 0 Å². The van der Waals surface area contributed by atoms with Crippen LogP contribution >= 0.6 is 15.9 Å². The van der Waals surface area contributed by atoms with Crippen LogP contribution in [0.2, 0.25) is 0 Å². The third-order valence-electron chi connectivity index (χ3n) is 1.98. The van der Waals surface area contributed by atoms with Crippen molar-refractivity contribution in [1.82, 2.24) is 0 Å². The second kappa shape index (κ2) is 3.78. The Balaban J connectivity index is 3.19. The monoisotopic (exact) mass is 222 g/mol. The number of hydrogen-bond donors (Lipinski definition) is 0. The molecular formula is C11H11Br. The molecule has 0 fully saturated rings. The van der Waals surface area contributed by atoms with Gasteiger partial charge in [-0.15, -0.1) is 12.3 Å². The normalized spacial score (nSPS) is 9.50. The number of rotatable bonds is 1. The van der Waals surface area contributed by atoms with Crippen LogP contribution in [0.25, 0.3) is 0 Å². The molecule has 0 nitrogen and oxygen atoms in total. The van der Waals surface area contributed by atoms with Gasteiger partial charge in [-0.1, -0.05) is 28.1 Å². The maximum absolute atomic E-state index is 5.25. The van der Waals surface area contributed by atoms with Crippen LogP contribution in [0, 0.1) is 26.2 Å². The van der Waals surface area contributed by atoms with Crippen LogP contribution in [0.15, 0.2) is 16.6 Å². The Bertz CT molecular complexity index is 332. The molecule has 12 heavy (non-hydrogen) atoms. The zero-order chi connectivity index (χ0) is 9.14. The highest BCUT2D eigenvalue weighted by Crippen LogP contribution is 2.23. The predicted molar refractivity (Wildman–Crippen MR) is 56.2 cm³/mol. The van der Waals surface area contributed by atoms with Crippen LogP contribution in [-0.2, 0) is 6.42 Å². The molecule has 0 aromatic heterocycles. The number of aryl methyl sites for hydroxylation is 1. The number of hydrogen-bond acceptors (Lipinski definition) is 0. The molecule has 0 bridgehead atoms. The van der Waals surface area contributed by atoms with Crippen LogP contribution in [0.1, 0.15) is 16.7 Å². The summed E-state index contributed by atoms with van der Waals surface area (Å²) >= 11 is 3.53. The van der Waals surface area contributed by atoms with E-state index in [1.165, 1.54) is 21.2 Å². The summed E-state index contributed by atoms with van der Waals surface area (Å²) in [5, 5.41) is 0. The molecule has 0 atom stereocenters. The van der Waals surface area contributed by atoms with E-state index in [1.54, 1.807) is 0 Å². The highest BCUT2D eigenvalue weighted by molar-refractivity contribution is 9.10. The molecule has 0 radical (unpaired) electrons. The fourth-order valence-corrected chi connectivity index (χ4v) is 1.55. The molecule has 0 aliphatic heterocycles. The van der Waals surface area contributed by atoms with Crippen LogP contribution in [0.5, 0.6) is 0 Å². The van der Waals surface area contributed by atoms with E-state index in [2.05, 4.69) is 47.8 Å². The van der Waals surface area contributed by atoms with Crippen LogP contribution < -0.4 is 0 Å². The largest absolute Gasteiger partial charge is 0.120 e. The zero-order valence-electron chi connectivity index (χ0n) is 7.32. The lowest BCUT2D eigenvalue weighted by atomic mass is 10.0. The first kappa shape index (κ1) is 9.35. The second-order valence-corrected chi connectivity index (χ2v) is 3.65. The van der Waals surface area contributed by atoms with Gasteiger partial charge < -0.3 is 0 Å². The van der Waals surface area contributed by atoms with Crippen molar-refractivity contribution in [2.45, 2.75) is 20.3 Å². The third-order valence-corrected chi connectivity index (χ3v) is 3.20. The molecule has 0 aliphatic carbocycles. The molecule has 1 aromatic carbocycles. The van der Waals surface area contributed by atoms with Gasteiger partial charge in [-0.25, -0.2) is 0 Å². The lowest BCUT2D eigenvalue weighted by Crippen LogP contribution is -1.90. The van der Waals surface area contributed by atoms with Gasteiger partial charge in [0.05, 0.1) is 0 Å². The molecular weight excluding hydrogens is 212 g/mol. The maximum atomic E-state index is 5.25. The van der Waals surface area contributed by atoms with Crippen LogP contribution in [0.3, 0.4) is 0 Å². The summed E-state index contributed by atoms with van der Waals surface area (Å²) in [7, 11) is 0. The van der Waals surface area contributed by atoms with Gasteiger partial charge in [-0.3, -0.25) is 0 Å². The Morgan fingerprint density at radius 1 is 1.42 bits per heavy atom. The van der Waals surface area contributed by atoms with Gasteiger partial charge in [0.15, 0.2) is 0 Å². The Hall–Kier alpha value is -0.740. The highest BCUT2D eigenvalue weighted by atomic mass is 79.9. The van der Waals surface area contributed by atoms with Crippen molar-refractivity contribution in [2.75, 3.05) is 0 Å². The van der Waals surface area contributed by atoms with Crippen molar-refractivity contribution in [2.24, 2.45) is 0 Å². The molecule has 1 rings (SSSR count). The molecule has 62 valence electrons. The van der Waals surface area contributed by atoms with Gasteiger partial charge in [-0.05, 0) is 30.5 Å². The SMILES string of the molecule is C#CCc1ccc(C)c(Br)c1C. The minimum absolute atomic E-state index is 0.713. The van der Waals surface area contributed by atoms with Crippen molar-refractivity contribution in [1.29, 1.82) is 0 Å². The fourth-order valence-electron chi connectivity index (χ4n) is 1.16. The summed E-state index contributed by atoms with van der Waals surface area (Å²) in [6, 6.07) is 4.18. The highest BCUT2D eigenvalue weighted by Gasteiger charge is 2.02. The third kappa shape index (κ3) is 1.70. The van der Waals surface area contributed by atoms with Gasteiger partial charge in [0.2, 0.25) is 0 Å². The van der Waals surface area contributed by atoms with E-state index >= 15 is 0 Å². The minimum atomic E-state index is 0.713. The summed E-state index contributed by atoms with van der Waals surface area (Å²) in [5.74, 6) is 2.65. The second-order valence-electron chi connectivity index (χ2n) is 2.86. The summed E-state index contributed by atoms with van der Waals surface area (Å²) in [4.78, 5) is 0. The van der Waals surface area contributed by atoms with Gasteiger partial charge >= 0.3 is 0 Å². The molecule has 1 aromatic rings. The lowest BCUT2D eigenvalue weighted by Gasteiger charge is -2.06. The molecule has 0 spiro atoms. The number of benzene rings is 1. The molecule has 0 saturated heterocycles. The smallest absolute Gasteiger partial charge is 0.0340 e. The van der Waals surface area contributed by atoms with E-state index in [0.717, 1.165) is 0 Å². The quantitative estimate of drug-likeness (QED) is 0.641. The van der Waals surface area contributed by atoms with Crippen LogP contribution in [-0.4, -0.2) is 0 Å². The summed E-state index contributed by atoms with van der Waals surface area (Å²) in [6.07, 6.45) is 5.97. The van der Waals surface area contributed by atoms with Crippen molar-refractivity contribution < 1.29 is 0 Å². The Morgan fingerprint density at radius 2 is 2.08 bits per heavy atom. The maximum Gasteiger partial charge on any atom is 0.0340 e. The molecule has 1 heteroatoms. The summed E-state index contributed by atoms with van der Waals surface area (Å²) in [5.41, 5.74) is 3.75. The molecule has 0 saturated carbocycles. The minimum Gasteiger partial charge on any atom is -0.120 e. The van der Waals surface area contributed by atoms with Crippen LogP contribution in [0.4, 0.5) is 0 Å². The first-order chi connectivity index (χ1) is 5.66. The first-order valence-corrected chi connectivity index (χ1v) is 4.64. The van der Waals surface area contributed by atoms with E-state index in [9.17, 15) is 0 Å². The van der Waals surface area contributed by atoms with Crippen molar-refractivity contribution >= 4 is 15.9 Å². The Labute approximate surface area is 82.1 Å². The van der Waals surface area contributed by atoms with E-state index in [4.69, 9.17) is 6.42 Å². The van der Waals surface area contributed by atoms with Gasteiger partial charge in [0, 0.05) is 10.9 Å². The van der Waals surface area contributed by atoms with E-state index in [1.807, 2.05) is 0 Å². The number of halogens is 1. The fraction of sp³-hybridized carbons (Fsp3) is 0.273. The topological polar surface area (TPSA) is 0 Å². The van der Waals surface area contributed by atoms with Gasteiger partial charge in [0.1, 0.15) is 0 Å². The standard InChI is InChI=1S/C11H11Br/c1-4-5-10-7-6-8(2)11(12)9(10)3/h1,6-7H,5H2,2-3H3. The summed E-state index contributed by atoms with van der Waals surface area (Å²) < 4.78 is 1.18. The zero-order valence-corrected chi connectivity index (χ0v) is 8.90.